The molecule has 0 fully saturated rings. The number of ketones is 3. The lowest BCUT2D eigenvalue weighted by atomic mass is 9.75. The number of aliphatic hydroxyl groups is 1. The second-order valence-corrected chi connectivity index (χ2v) is 8.64. The summed E-state index contributed by atoms with van der Waals surface area (Å²) in [5.74, 6) is -2.54. The lowest BCUT2D eigenvalue weighted by Crippen LogP contribution is -2.51. The largest absolute Gasteiger partial charge is 0.496 e. The first-order chi connectivity index (χ1) is 14.9. The molecule has 1 aromatic rings. The molecular formula is C22H24ClNO8. The monoisotopic (exact) mass is 465 g/mol. The van der Waals surface area contributed by atoms with Crippen molar-refractivity contribution in [1.82, 2.24) is 5.32 Å². The maximum absolute atomic E-state index is 13.5. The first-order valence-corrected chi connectivity index (χ1v) is 10.2. The number of nitrogens with one attached hydrogen (secondary N) is 1. The third-order valence-electron chi connectivity index (χ3n) is 5.58. The summed E-state index contributed by atoms with van der Waals surface area (Å²) in [6.45, 7) is 3.81. The zero-order chi connectivity index (χ0) is 24.0. The summed E-state index contributed by atoms with van der Waals surface area (Å²) in [5, 5.41) is 11.9. The standard InChI is InChI=1S/C22H24ClNO8/c1-10-6-11(25)7-15(31-5)22(10)19(27)16-14(30-4)8-12(17(23)18(16)32-22)13(26)9-24-20(28)21(2,3)29/h7-8,10,29H,6,9H2,1-5H3,(H,24,28)/t10-,22+/m1/s1. The van der Waals surface area contributed by atoms with Crippen LogP contribution >= 0.6 is 11.6 Å². The highest BCUT2D eigenvalue weighted by Crippen LogP contribution is 2.53. The fraction of sp³-hybridized carbons (Fsp3) is 0.455. The minimum atomic E-state index is -1.67. The molecule has 32 heavy (non-hydrogen) atoms. The Morgan fingerprint density at radius 3 is 2.53 bits per heavy atom. The van der Waals surface area contributed by atoms with Crippen molar-refractivity contribution in [2.75, 3.05) is 20.8 Å². The number of rotatable bonds is 6. The van der Waals surface area contributed by atoms with E-state index in [0.29, 0.717) is 0 Å². The Balaban J connectivity index is 2.05. The highest BCUT2D eigenvalue weighted by atomic mass is 35.5. The Morgan fingerprint density at radius 2 is 1.97 bits per heavy atom. The van der Waals surface area contributed by atoms with Crippen molar-refractivity contribution < 1.29 is 38.5 Å². The number of carbonyl (C=O) groups is 4. The normalized spacial score (nSPS) is 22.2. The third kappa shape index (κ3) is 3.65. The highest BCUT2D eigenvalue weighted by Gasteiger charge is 2.59. The lowest BCUT2D eigenvalue weighted by molar-refractivity contribution is -0.136. The smallest absolute Gasteiger partial charge is 0.251 e. The molecule has 1 spiro atoms. The topological polar surface area (TPSA) is 128 Å². The van der Waals surface area contributed by atoms with Gasteiger partial charge in [-0.25, -0.2) is 0 Å². The Morgan fingerprint density at radius 1 is 1.31 bits per heavy atom. The molecule has 0 bridgehead atoms. The molecule has 3 rings (SSSR count). The van der Waals surface area contributed by atoms with Crippen LogP contribution < -0.4 is 14.8 Å². The predicted octanol–water partition coefficient (Wildman–Crippen LogP) is 1.87. The number of methoxy groups -OCH3 is 2. The van der Waals surface area contributed by atoms with Crippen LogP contribution in [0.15, 0.2) is 17.9 Å². The van der Waals surface area contributed by atoms with Gasteiger partial charge in [-0.15, -0.1) is 0 Å². The molecule has 0 saturated heterocycles. The number of benzene rings is 1. The molecule has 1 aromatic carbocycles. The average Bonchev–Trinajstić information content (AvgIpc) is 3.03. The molecule has 2 atom stereocenters. The Bertz CT molecular complexity index is 1050. The van der Waals surface area contributed by atoms with Crippen LogP contribution in [-0.4, -0.2) is 60.3 Å². The van der Waals surface area contributed by atoms with Crippen LogP contribution in [0, 0.1) is 5.92 Å². The van der Waals surface area contributed by atoms with E-state index in [0.717, 1.165) is 0 Å². The van der Waals surface area contributed by atoms with Crippen molar-refractivity contribution in [3.05, 3.63) is 34.1 Å². The highest BCUT2D eigenvalue weighted by molar-refractivity contribution is 6.37. The quantitative estimate of drug-likeness (QED) is 0.609. The van der Waals surface area contributed by atoms with Gasteiger partial charge in [0.05, 0.1) is 25.8 Å². The molecule has 1 heterocycles. The van der Waals surface area contributed by atoms with Crippen LogP contribution in [0.25, 0.3) is 0 Å². The van der Waals surface area contributed by atoms with E-state index >= 15 is 0 Å². The van der Waals surface area contributed by atoms with E-state index in [4.69, 9.17) is 25.8 Å². The zero-order valence-corrected chi connectivity index (χ0v) is 19.1. The van der Waals surface area contributed by atoms with E-state index in [2.05, 4.69) is 5.32 Å². The summed E-state index contributed by atoms with van der Waals surface area (Å²) >= 11 is 6.48. The number of allylic oxidation sites excluding steroid dienone is 1. The fourth-order valence-corrected chi connectivity index (χ4v) is 4.14. The maximum atomic E-state index is 13.5. The van der Waals surface area contributed by atoms with Gasteiger partial charge in [0.1, 0.15) is 16.9 Å². The van der Waals surface area contributed by atoms with Gasteiger partial charge in [0.25, 0.3) is 5.91 Å². The number of hydrogen-bond donors (Lipinski definition) is 2. The zero-order valence-electron chi connectivity index (χ0n) is 18.3. The average molecular weight is 466 g/mol. The molecule has 0 aromatic heterocycles. The van der Waals surface area contributed by atoms with Gasteiger partial charge in [-0.2, -0.15) is 0 Å². The number of fused-ring (bicyclic) bond motifs is 1. The van der Waals surface area contributed by atoms with Crippen LogP contribution in [0.3, 0.4) is 0 Å². The second kappa shape index (κ2) is 8.22. The van der Waals surface area contributed by atoms with E-state index in [1.54, 1.807) is 6.92 Å². The van der Waals surface area contributed by atoms with E-state index in [1.807, 2.05) is 0 Å². The number of Topliss-reactive ketones (excluding diaryl/α,β-unsaturated/α-hetero) is 2. The van der Waals surface area contributed by atoms with Crippen LogP contribution in [-0.2, 0) is 14.3 Å². The third-order valence-corrected chi connectivity index (χ3v) is 5.95. The molecule has 1 amide bonds. The number of carbonyl (C=O) groups excluding carboxylic acids is 4. The van der Waals surface area contributed by atoms with Crippen molar-refractivity contribution in [2.45, 2.75) is 38.4 Å². The van der Waals surface area contributed by atoms with E-state index in [1.165, 1.54) is 40.2 Å². The fourth-order valence-electron chi connectivity index (χ4n) is 3.85. The van der Waals surface area contributed by atoms with E-state index < -0.39 is 41.1 Å². The Labute approximate surface area is 189 Å². The lowest BCUT2D eigenvalue weighted by Gasteiger charge is -2.36. The van der Waals surface area contributed by atoms with Crippen LogP contribution in [0.1, 0.15) is 47.9 Å². The van der Waals surface area contributed by atoms with Crippen molar-refractivity contribution in [1.29, 1.82) is 0 Å². The van der Waals surface area contributed by atoms with Crippen molar-refractivity contribution in [2.24, 2.45) is 5.92 Å². The van der Waals surface area contributed by atoms with Gasteiger partial charge in [-0.1, -0.05) is 18.5 Å². The van der Waals surface area contributed by atoms with Crippen LogP contribution in [0.4, 0.5) is 0 Å². The van der Waals surface area contributed by atoms with Gasteiger partial charge < -0.3 is 24.6 Å². The Hall–Kier alpha value is -2.91. The number of hydrogen-bond acceptors (Lipinski definition) is 8. The summed E-state index contributed by atoms with van der Waals surface area (Å²) in [6.07, 6.45) is 1.28. The minimum Gasteiger partial charge on any atom is -0.496 e. The Kier molecular flexibility index (Phi) is 6.10. The molecule has 0 unspecified atom stereocenters. The van der Waals surface area contributed by atoms with Crippen molar-refractivity contribution in [3.8, 4) is 11.5 Å². The van der Waals surface area contributed by atoms with Gasteiger partial charge in [0.2, 0.25) is 11.4 Å². The molecule has 9 nitrogen and oxygen atoms in total. The first-order valence-electron chi connectivity index (χ1n) is 9.85. The molecular weight excluding hydrogens is 442 g/mol. The molecule has 1 aliphatic heterocycles. The summed E-state index contributed by atoms with van der Waals surface area (Å²) in [7, 11) is 2.66. The number of ether oxygens (including phenoxy) is 3. The van der Waals surface area contributed by atoms with Crippen LogP contribution in [0.2, 0.25) is 5.02 Å². The number of amides is 1. The molecule has 2 N–H and O–H groups in total. The molecule has 10 heteroatoms. The number of halogens is 1. The van der Waals surface area contributed by atoms with Gasteiger partial charge >= 0.3 is 0 Å². The summed E-state index contributed by atoms with van der Waals surface area (Å²) in [4.78, 5) is 50.2. The van der Waals surface area contributed by atoms with Crippen molar-refractivity contribution >= 4 is 34.9 Å². The molecule has 2 aliphatic rings. The maximum Gasteiger partial charge on any atom is 0.251 e. The summed E-state index contributed by atoms with van der Waals surface area (Å²) < 4.78 is 16.7. The SMILES string of the molecule is COC1=CC(=O)C[C@@H](C)[C@]12Oc1c(Cl)c(C(=O)CNC(=O)C(C)(C)O)cc(OC)c1C2=O. The summed E-state index contributed by atoms with van der Waals surface area (Å²) in [5.41, 5.74) is -3.28. The molecule has 172 valence electrons. The minimum absolute atomic E-state index is 0.0364. The van der Waals surface area contributed by atoms with Gasteiger partial charge in [-0.3, -0.25) is 19.2 Å². The van der Waals surface area contributed by atoms with Gasteiger partial charge in [0, 0.05) is 24.0 Å². The van der Waals surface area contributed by atoms with Crippen LogP contribution in [0.5, 0.6) is 11.5 Å². The summed E-state index contributed by atoms with van der Waals surface area (Å²) in [6, 6.07) is 1.30. The van der Waals surface area contributed by atoms with Gasteiger partial charge in [-0.05, 0) is 19.9 Å². The molecule has 0 saturated carbocycles. The van der Waals surface area contributed by atoms with E-state index in [9.17, 15) is 24.3 Å². The molecule has 1 aliphatic carbocycles. The second-order valence-electron chi connectivity index (χ2n) is 8.26. The van der Waals surface area contributed by atoms with Gasteiger partial charge in [0.15, 0.2) is 23.1 Å². The van der Waals surface area contributed by atoms with Crippen molar-refractivity contribution in [3.63, 3.8) is 0 Å². The predicted molar refractivity (Wildman–Crippen MR) is 113 cm³/mol. The first kappa shape index (κ1) is 23.7. The molecule has 0 radical (unpaired) electrons. The van der Waals surface area contributed by atoms with E-state index in [-0.39, 0.29) is 45.6 Å².